The zero-order valence-electron chi connectivity index (χ0n) is 57.3. The lowest BCUT2D eigenvalue weighted by atomic mass is 9.98. The third kappa shape index (κ3) is 22.9. The highest BCUT2D eigenvalue weighted by Gasteiger charge is 2.41. The van der Waals surface area contributed by atoms with Gasteiger partial charge >= 0.3 is 0 Å². The van der Waals surface area contributed by atoms with Gasteiger partial charge in [-0.05, 0) is 96.5 Å². The van der Waals surface area contributed by atoms with Crippen LogP contribution in [0, 0.1) is 11.3 Å². The fraction of sp³-hybridized carbons (Fsp3) is 0.443. The van der Waals surface area contributed by atoms with Gasteiger partial charge in [0.1, 0.15) is 60.4 Å². The number of halogens is 1. The molecule has 3 aliphatic heterocycles. The molecule has 14 amide bonds. The molecule has 5 aromatic rings. The monoisotopic (exact) mass is 1440 g/mol. The molecule has 4 heterocycles. The van der Waals surface area contributed by atoms with Crippen molar-refractivity contribution in [3.8, 4) is 0 Å². The standard InChI is InChI=1S/C70H89ClN18O14/c1-37(2)28-50-63(97)82-49(14-8-25-76-70(73)74)69(103)89-27-9-15-56(89)68(102)88-55(60(72)94)35-78-58(92)33-54-67(101)81-48(62(96)85-52(65(99)83-50)31-40-16-19-41-10-4-5-11-42(41)29-40)24-26-75-59(93)36-79-57(91)23-22-47(80-38(3)90)61(95)84-51(30-39-17-20-44(71)21-18-39)64(98)86-53(66(100)87-54)32-43-34-77-46-13-7-6-12-45(43)46/h4-7,10-13,16-21,29,34,37,47-56,77H,8-9,14-15,22-28,30-33,35-36H2,1-3H3,(H2,72,94)(H,75,93)(H,78,92)(H,79,91)(H,80,90)(H,81,101)(H,82,97)(H,83,99)(H,84,95)(H,85,96)(H,86,98)(H,87,100)(H,88,102)(H4,73,74,76)/t47-,48+,49+,50-,51+,52-,53-,54-,55-,56-/m1/s1. The molecule has 8 rings (SSSR count). The Kier molecular flexibility index (Phi) is 27.8. The van der Waals surface area contributed by atoms with Gasteiger partial charge in [-0.2, -0.15) is 0 Å². The van der Waals surface area contributed by atoms with Crippen LogP contribution in [0.3, 0.4) is 0 Å². The van der Waals surface area contributed by atoms with Crippen molar-refractivity contribution < 1.29 is 67.1 Å². The highest BCUT2D eigenvalue weighted by Crippen LogP contribution is 2.24. The van der Waals surface area contributed by atoms with Gasteiger partial charge in [0.25, 0.3) is 0 Å². The number of nitrogens with zero attached hydrogens (tertiary/aromatic N) is 1. The predicted octanol–water partition coefficient (Wildman–Crippen LogP) is -1.89. The summed E-state index contributed by atoms with van der Waals surface area (Å²) in [6.07, 6.45) is -1.07. The minimum atomic E-state index is -2.03. The van der Waals surface area contributed by atoms with Crippen LogP contribution in [0.25, 0.3) is 21.7 Å². The van der Waals surface area contributed by atoms with E-state index in [1.807, 2.05) is 18.2 Å². The SMILES string of the molecule is CC(=O)N[C@@H]1CCC(=O)NCC(=O)NCC[C@@H]2NC(=O)[C@@H](CC(=O)NC[C@H](C(N)=O)NC(=O)[C@H]3CCCN3C(=O)[C@H](CCCNC(=N)N)NC(=O)[C@@H](CC(C)C)NC(=O)[C@@H](Cc3ccc4ccccc4c3)NC2=O)NC(=O)[C@@H](Cc2c[nH]c3ccccc23)NC(=O)[C@H](Cc2ccc(Cl)cc2)NC1=O. The zero-order chi connectivity index (χ0) is 74.4. The molecule has 33 heteroatoms. The smallest absolute Gasteiger partial charge is 0.245 e. The Bertz CT molecular complexity index is 4000. The molecule has 1 aromatic heterocycles. The molecule has 32 nitrogen and oxygen atoms in total. The number of aromatic nitrogens is 1. The summed E-state index contributed by atoms with van der Waals surface area (Å²) in [5, 5.41) is 44.3. The molecule has 3 aliphatic rings. The van der Waals surface area contributed by atoms with E-state index in [4.69, 9.17) is 28.5 Å². The Labute approximate surface area is 598 Å². The van der Waals surface area contributed by atoms with E-state index >= 15 is 24.0 Å². The average molecular weight is 1440 g/mol. The molecular weight excluding hydrogens is 1350 g/mol. The Balaban J connectivity index is 1.23. The number of aromatic amines is 1. The molecule has 3 fully saturated rings. The second-order valence-electron chi connectivity index (χ2n) is 26.2. The molecular formula is C70H89ClN18O14. The zero-order valence-corrected chi connectivity index (χ0v) is 58.1. The first-order chi connectivity index (χ1) is 49.2. The number of carbonyl (C=O) groups excluding carboxylic acids is 14. The van der Waals surface area contributed by atoms with Gasteiger partial charge in [-0.25, -0.2) is 0 Å². The van der Waals surface area contributed by atoms with E-state index in [1.54, 1.807) is 80.7 Å². The van der Waals surface area contributed by atoms with Gasteiger partial charge in [0.2, 0.25) is 82.7 Å². The van der Waals surface area contributed by atoms with E-state index < -0.39 is 182 Å². The van der Waals surface area contributed by atoms with Crippen LogP contribution in [-0.4, -0.2) is 192 Å². The van der Waals surface area contributed by atoms with Crippen LogP contribution in [0.1, 0.15) is 95.2 Å². The van der Waals surface area contributed by atoms with E-state index in [9.17, 15) is 43.2 Å². The van der Waals surface area contributed by atoms with Crippen LogP contribution in [-0.2, 0) is 86.4 Å². The fourth-order valence-corrected chi connectivity index (χ4v) is 12.5. The van der Waals surface area contributed by atoms with E-state index in [0.29, 0.717) is 39.0 Å². The molecule has 550 valence electrons. The van der Waals surface area contributed by atoms with Crippen molar-refractivity contribution in [2.75, 3.05) is 32.7 Å². The van der Waals surface area contributed by atoms with Gasteiger partial charge in [-0.15, -0.1) is 0 Å². The number of guanidine groups is 1. The third-order valence-corrected chi connectivity index (χ3v) is 18.0. The maximum Gasteiger partial charge on any atom is 0.245 e. The highest BCUT2D eigenvalue weighted by atomic mass is 35.5. The number of para-hydroxylation sites is 1. The molecule has 4 aromatic carbocycles. The number of nitrogens with one attached hydrogen (secondary N) is 15. The Morgan fingerprint density at radius 2 is 1.22 bits per heavy atom. The molecule has 103 heavy (non-hydrogen) atoms. The minimum absolute atomic E-state index is 0.0171. The summed E-state index contributed by atoms with van der Waals surface area (Å²) in [6, 6.07) is 10.1. The number of hydrogen-bond acceptors (Lipinski definition) is 15. The van der Waals surface area contributed by atoms with Crippen molar-refractivity contribution in [1.82, 2.24) is 79.0 Å². The van der Waals surface area contributed by atoms with E-state index in [2.05, 4.69) is 74.1 Å². The third-order valence-electron chi connectivity index (χ3n) is 17.8. The Morgan fingerprint density at radius 1 is 0.612 bits per heavy atom. The summed E-state index contributed by atoms with van der Waals surface area (Å²) in [4.78, 5) is 206. The van der Waals surface area contributed by atoms with Crippen molar-refractivity contribution in [2.45, 2.75) is 158 Å². The van der Waals surface area contributed by atoms with Crippen LogP contribution in [0.15, 0.2) is 97.2 Å². The first-order valence-corrected chi connectivity index (χ1v) is 34.5. The largest absolute Gasteiger partial charge is 0.370 e. The lowest BCUT2D eigenvalue weighted by Gasteiger charge is -2.31. The van der Waals surface area contributed by atoms with Crippen molar-refractivity contribution in [2.24, 2.45) is 17.4 Å². The summed E-state index contributed by atoms with van der Waals surface area (Å²) in [5.41, 5.74) is 13.5. The first-order valence-electron chi connectivity index (χ1n) is 34.1. The van der Waals surface area contributed by atoms with Crippen molar-refractivity contribution in [3.63, 3.8) is 0 Å². The quantitative estimate of drug-likeness (QED) is 0.0328. The molecule has 0 radical (unpaired) electrons. The minimum Gasteiger partial charge on any atom is -0.370 e. The van der Waals surface area contributed by atoms with Crippen LogP contribution < -0.4 is 80.6 Å². The molecule has 0 saturated carbocycles. The summed E-state index contributed by atoms with van der Waals surface area (Å²) in [7, 11) is 0. The number of fused-ring (bicyclic) bond motifs is 6. The van der Waals surface area contributed by atoms with E-state index in [-0.39, 0.29) is 76.3 Å². The maximum absolute atomic E-state index is 15.4. The van der Waals surface area contributed by atoms with Gasteiger partial charge in [-0.3, -0.25) is 72.5 Å². The molecule has 19 N–H and O–H groups in total. The molecule has 0 unspecified atom stereocenters. The number of nitrogens with two attached hydrogens (primary N) is 2. The van der Waals surface area contributed by atoms with Crippen molar-refractivity contribution in [1.29, 1.82) is 5.41 Å². The molecule has 10 atom stereocenters. The van der Waals surface area contributed by atoms with Crippen molar-refractivity contribution in [3.05, 3.63) is 119 Å². The lowest BCUT2D eigenvalue weighted by Crippen LogP contribution is -2.61. The van der Waals surface area contributed by atoms with Gasteiger partial charge in [0.15, 0.2) is 5.96 Å². The number of benzene rings is 4. The maximum atomic E-state index is 15.4. The van der Waals surface area contributed by atoms with Crippen LogP contribution >= 0.6 is 11.6 Å². The van der Waals surface area contributed by atoms with Crippen LogP contribution in [0.2, 0.25) is 5.02 Å². The summed E-state index contributed by atoms with van der Waals surface area (Å²) >= 11 is 6.24. The molecule has 0 aliphatic carbocycles. The van der Waals surface area contributed by atoms with E-state index in [1.165, 1.54) is 17.0 Å². The molecule has 2 bridgehead atoms. The topological polar surface area (TPSA) is 490 Å². The van der Waals surface area contributed by atoms with Gasteiger partial charge in [-0.1, -0.05) is 98.2 Å². The normalized spacial score (nSPS) is 24.0. The Morgan fingerprint density at radius 3 is 1.93 bits per heavy atom. The molecule has 0 spiro atoms. The predicted molar refractivity (Wildman–Crippen MR) is 378 cm³/mol. The molecule has 3 saturated heterocycles. The second-order valence-corrected chi connectivity index (χ2v) is 26.6. The number of amides is 14. The first kappa shape index (κ1) is 77.6. The summed E-state index contributed by atoms with van der Waals surface area (Å²) in [6.45, 7) is 2.98. The van der Waals surface area contributed by atoms with E-state index in [0.717, 1.165) is 17.7 Å². The van der Waals surface area contributed by atoms with Crippen molar-refractivity contribution >= 4 is 122 Å². The highest BCUT2D eigenvalue weighted by molar-refractivity contribution is 6.30. The number of hydrogen-bond donors (Lipinski definition) is 17. The number of primary amides is 1. The Hall–Kier alpha value is -11.2. The van der Waals surface area contributed by atoms with Gasteiger partial charge in [0.05, 0.1) is 13.0 Å². The lowest BCUT2D eigenvalue weighted by molar-refractivity contribution is -0.142. The van der Waals surface area contributed by atoms with Crippen LogP contribution in [0.4, 0.5) is 0 Å². The number of carbonyl (C=O) groups is 14. The summed E-state index contributed by atoms with van der Waals surface area (Å²) in [5.74, 6) is -13.7. The fourth-order valence-electron chi connectivity index (χ4n) is 12.4. The second kappa shape index (κ2) is 36.9. The number of rotatable bonds is 14. The average Bonchev–Trinajstić information content (AvgIpc) is 1.40. The van der Waals surface area contributed by atoms with Gasteiger partial charge in [0, 0.05) is 80.9 Å². The van der Waals surface area contributed by atoms with Gasteiger partial charge < -0.3 is 90.5 Å². The van der Waals surface area contributed by atoms with Crippen LogP contribution in [0.5, 0.6) is 0 Å². The summed E-state index contributed by atoms with van der Waals surface area (Å²) < 4.78 is 0. The number of H-pyrrole nitrogens is 1.